The van der Waals surface area contributed by atoms with Gasteiger partial charge in [0.2, 0.25) is 0 Å². The number of anilines is 2. The second-order valence-corrected chi connectivity index (χ2v) is 4.25. The molecule has 5 heteroatoms. The fraction of sp³-hybridized carbons (Fsp3) is 0.500. The monoisotopic (exact) mass is 234 g/mol. The van der Waals surface area contributed by atoms with E-state index in [0.717, 1.165) is 0 Å². The van der Waals surface area contributed by atoms with Crippen molar-refractivity contribution in [2.45, 2.75) is 26.3 Å². The number of aliphatic hydroxyl groups excluding tert-OH is 1. The van der Waals surface area contributed by atoms with E-state index in [4.69, 9.17) is 16.1 Å². The first kappa shape index (κ1) is 13.3. The van der Waals surface area contributed by atoms with Crippen molar-refractivity contribution in [2.75, 3.05) is 17.7 Å². The summed E-state index contributed by atoms with van der Waals surface area (Å²) in [5.41, 5.74) is 6.20. The van der Waals surface area contributed by atoms with Gasteiger partial charge in [-0.15, -0.1) is 0 Å². The predicted molar refractivity (Wildman–Crippen MR) is 67.3 cm³/mol. The van der Waals surface area contributed by atoms with E-state index in [-0.39, 0.29) is 18.3 Å². The van der Waals surface area contributed by atoms with Crippen LogP contribution >= 0.6 is 0 Å². The highest BCUT2D eigenvalue weighted by Crippen LogP contribution is 2.16. The van der Waals surface area contributed by atoms with E-state index in [1.54, 1.807) is 12.1 Å². The third kappa shape index (κ3) is 3.61. The number of hydrogen-bond donors (Lipinski definition) is 3. The summed E-state index contributed by atoms with van der Waals surface area (Å²) in [5, 5.41) is 21.0. The van der Waals surface area contributed by atoms with Gasteiger partial charge >= 0.3 is 0 Å². The van der Waals surface area contributed by atoms with E-state index in [1.165, 1.54) is 0 Å². The standard InChI is InChI=1S/C12H18N4O/c1-8(2)10(5-6-17)15-12-4-3-9(14)11(7-13)16-12/h3-4,8,10,17H,5-6,14H2,1-2H3,(H,15,16). The molecule has 0 aliphatic carbocycles. The molecule has 0 bridgehead atoms. The Morgan fingerprint density at radius 3 is 2.76 bits per heavy atom. The van der Waals surface area contributed by atoms with Crippen LogP contribution in [0, 0.1) is 17.2 Å². The minimum atomic E-state index is 0.121. The Labute approximate surface area is 101 Å². The fourth-order valence-corrected chi connectivity index (χ4v) is 1.54. The number of nitrogens with two attached hydrogens (primary N) is 1. The summed E-state index contributed by atoms with van der Waals surface area (Å²) in [6.45, 7) is 4.25. The molecule has 1 unspecified atom stereocenters. The van der Waals surface area contributed by atoms with Crippen molar-refractivity contribution >= 4 is 11.5 Å². The summed E-state index contributed by atoms with van der Waals surface area (Å²) in [6.07, 6.45) is 0.644. The summed E-state index contributed by atoms with van der Waals surface area (Å²) >= 11 is 0. The SMILES string of the molecule is CC(C)C(CCO)Nc1ccc(N)c(C#N)n1. The van der Waals surface area contributed by atoms with E-state index in [0.29, 0.717) is 23.8 Å². The summed E-state index contributed by atoms with van der Waals surface area (Å²) in [7, 11) is 0. The Morgan fingerprint density at radius 1 is 1.53 bits per heavy atom. The average molecular weight is 234 g/mol. The summed E-state index contributed by atoms with van der Waals surface area (Å²) in [4.78, 5) is 4.12. The number of nitrogens with zero attached hydrogens (tertiary/aromatic N) is 2. The fourth-order valence-electron chi connectivity index (χ4n) is 1.54. The lowest BCUT2D eigenvalue weighted by molar-refractivity contribution is 0.267. The number of rotatable bonds is 5. The Bertz CT molecular complexity index is 411. The third-order valence-electron chi connectivity index (χ3n) is 2.61. The van der Waals surface area contributed by atoms with Crippen molar-refractivity contribution in [3.8, 4) is 6.07 Å². The van der Waals surface area contributed by atoms with Crippen molar-refractivity contribution in [2.24, 2.45) is 5.92 Å². The average Bonchev–Trinajstić information content (AvgIpc) is 2.30. The molecule has 4 N–H and O–H groups in total. The third-order valence-corrected chi connectivity index (χ3v) is 2.61. The van der Waals surface area contributed by atoms with Gasteiger partial charge in [0.05, 0.1) is 5.69 Å². The second-order valence-electron chi connectivity index (χ2n) is 4.25. The molecule has 0 amide bonds. The molecule has 1 aromatic rings. The largest absolute Gasteiger partial charge is 0.396 e. The van der Waals surface area contributed by atoms with Gasteiger partial charge in [0, 0.05) is 12.6 Å². The zero-order valence-corrected chi connectivity index (χ0v) is 10.1. The molecule has 1 atom stereocenters. The molecule has 1 aromatic heterocycles. The lowest BCUT2D eigenvalue weighted by Crippen LogP contribution is -2.27. The van der Waals surface area contributed by atoms with Crippen LogP contribution in [0.4, 0.5) is 11.5 Å². The van der Waals surface area contributed by atoms with Crippen LogP contribution in [-0.4, -0.2) is 22.7 Å². The molecular formula is C12H18N4O. The summed E-state index contributed by atoms with van der Waals surface area (Å²) < 4.78 is 0. The maximum atomic E-state index is 8.98. The highest BCUT2D eigenvalue weighted by atomic mass is 16.3. The number of aliphatic hydroxyl groups is 1. The van der Waals surface area contributed by atoms with Gasteiger partial charge in [-0.1, -0.05) is 13.8 Å². The van der Waals surface area contributed by atoms with Crippen LogP contribution in [0.15, 0.2) is 12.1 Å². The van der Waals surface area contributed by atoms with E-state index < -0.39 is 0 Å². The minimum Gasteiger partial charge on any atom is -0.396 e. The Kier molecular flexibility index (Phi) is 4.73. The Morgan fingerprint density at radius 2 is 2.24 bits per heavy atom. The van der Waals surface area contributed by atoms with Gasteiger partial charge in [-0.05, 0) is 24.5 Å². The van der Waals surface area contributed by atoms with E-state index in [9.17, 15) is 0 Å². The number of nitrogen functional groups attached to an aromatic ring is 1. The first-order valence-electron chi connectivity index (χ1n) is 5.62. The van der Waals surface area contributed by atoms with Crippen LogP contribution in [0.2, 0.25) is 0 Å². The first-order chi connectivity index (χ1) is 8.08. The van der Waals surface area contributed by atoms with Crippen LogP contribution in [0.5, 0.6) is 0 Å². The second kappa shape index (κ2) is 6.06. The van der Waals surface area contributed by atoms with Crippen LogP contribution in [-0.2, 0) is 0 Å². The van der Waals surface area contributed by atoms with Gasteiger partial charge in [-0.3, -0.25) is 0 Å². The molecule has 0 aliphatic heterocycles. The molecule has 0 saturated carbocycles. The highest BCUT2D eigenvalue weighted by molar-refractivity contribution is 5.54. The van der Waals surface area contributed by atoms with Gasteiger partial charge in [0.1, 0.15) is 11.9 Å². The van der Waals surface area contributed by atoms with Crippen molar-refractivity contribution in [1.29, 1.82) is 5.26 Å². The van der Waals surface area contributed by atoms with Crippen molar-refractivity contribution in [1.82, 2.24) is 4.98 Å². The molecule has 0 aliphatic rings. The number of aromatic nitrogens is 1. The molecule has 0 aromatic carbocycles. The maximum absolute atomic E-state index is 8.98. The van der Waals surface area contributed by atoms with Gasteiger partial charge in [-0.25, -0.2) is 4.98 Å². The maximum Gasteiger partial charge on any atom is 0.165 e. The van der Waals surface area contributed by atoms with Gasteiger partial charge < -0.3 is 16.2 Å². The zero-order chi connectivity index (χ0) is 12.8. The lowest BCUT2D eigenvalue weighted by atomic mass is 10.0. The van der Waals surface area contributed by atoms with Crippen molar-refractivity contribution in [3.05, 3.63) is 17.8 Å². The number of pyridine rings is 1. The van der Waals surface area contributed by atoms with E-state index in [2.05, 4.69) is 24.1 Å². The predicted octanol–water partition coefficient (Wildman–Crippen LogP) is 1.35. The number of hydrogen-bond acceptors (Lipinski definition) is 5. The molecule has 1 heterocycles. The van der Waals surface area contributed by atoms with Crippen LogP contribution in [0.3, 0.4) is 0 Å². The molecule has 0 saturated heterocycles. The molecule has 0 radical (unpaired) electrons. The summed E-state index contributed by atoms with van der Waals surface area (Å²) in [6, 6.07) is 5.47. The van der Waals surface area contributed by atoms with Gasteiger partial charge in [0.15, 0.2) is 5.69 Å². The Hall–Kier alpha value is -1.80. The minimum absolute atomic E-state index is 0.121. The summed E-state index contributed by atoms with van der Waals surface area (Å²) in [5.74, 6) is 0.981. The van der Waals surface area contributed by atoms with Crippen LogP contribution < -0.4 is 11.1 Å². The van der Waals surface area contributed by atoms with Gasteiger partial charge in [-0.2, -0.15) is 5.26 Å². The molecule has 0 fully saturated rings. The number of nitriles is 1. The molecule has 0 spiro atoms. The highest BCUT2D eigenvalue weighted by Gasteiger charge is 2.13. The van der Waals surface area contributed by atoms with Crippen molar-refractivity contribution in [3.63, 3.8) is 0 Å². The molecule has 1 rings (SSSR count). The molecule has 17 heavy (non-hydrogen) atoms. The smallest absolute Gasteiger partial charge is 0.165 e. The first-order valence-corrected chi connectivity index (χ1v) is 5.62. The quantitative estimate of drug-likeness (QED) is 0.715. The molecule has 5 nitrogen and oxygen atoms in total. The van der Waals surface area contributed by atoms with E-state index in [1.807, 2.05) is 6.07 Å². The molecule has 92 valence electrons. The van der Waals surface area contributed by atoms with Gasteiger partial charge in [0.25, 0.3) is 0 Å². The van der Waals surface area contributed by atoms with Crippen LogP contribution in [0.25, 0.3) is 0 Å². The zero-order valence-electron chi connectivity index (χ0n) is 10.1. The normalized spacial score (nSPS) is 12.2. The van der Waals surface area contributed by atoms with Crippen LogP contribution in [0.1, 0.15) is 26.0 Å². The topological polar surface area (TPSA) is 95.0 Å². The lowest BCUT2D eigenvalue weighted by Gasteiger charge is -2.22. The molecular weight excluding hydrogens is 216 g/mol. The number of nitrogens with one attached hydrogen (secondary N) is 1. The Balaban J connectivity index is 2.83. The van der Waals surface area contributed by atoms with E-state index >= 15 is 0 Å². The van der Waals surface area contributed by atoms with Crippen molar-refractivity contribution < 1.29 is 5.11 Å².